The van der Waals surface area contributed by atoms with Gasteiger partial charge in [-0.25, -0.2) is 0 Å². The number of hydrogen-bond acceptors (Lipinski definition) is 4. The van der Waals surface area contributed by atoms with Crippen molar-refractivity contribution in [1.29, 1.82) is 0 Å². The second-order valence-electron chi connectivity index (χ2n) is 4.02. The zero-order valence-electron chi connectivity index (χ0n) is 11.2. The number of hydrogen-bond donors (Lipinski definition) is 2. The van der Waals surface area contributed by atoms with Crippen LogP contribution in [0.5, 0.6) is 5.75 Å². The normalized spacial score (nSPS) is 11.2. The zero-order valence-corrected chi connectivity index (χ0v) is 11.2. The Hall–Kier alpha value is -2.24. The van der Waals surface area contributed by atoms with Gasteiger partial charge in [-0.15, -0.1) is 0 Å². The molecule has 0 heterocycles. The van der Waals surface area contributed by atoms with Crippen molar-refractivity contribution in [2.24, 2.45) is 10.9 Å². The van der Waals surface area contributed by atoms with E-state index in [2.05, 4.69) is 5.16 Å². The fourth-order valence-electron chi connectivity index (χ4n) is 1.74. The Bertz CT molecular complexity index is 460. The van der Waals surface area contributed by atoms with Gasteiger partial charge in [-0.2, -0.15) is 0 Å². The number of amides is 1. The summed E-state index contributed by atoms with van der Waals surface area (Å²) in [5.74, 6) is 0.302. The Morgan fingerprint density at radius 1 is 1.47 bits per heavy atom. The molecule has 6 nitrogen and oxygen atoms in total. The highest BCUT2D eigenvalue weighted by atomic mass is 16.5. The number of amidine groups is 1. The number of carbonyl (C=O) groups excluding carboxylic acids is 1. The van der Waals surface area contributed by atoms with Gasteiger partial charge in [0.15, 0.2) is 5.84 Å². The van der Waals surface area contributed by atoms with E-state index >= 15 is 0 Å². The molecule has 0 spiro atoms. The summed E-state index contributed by atoms with van der Waals surface area (Å²) in [5.41, 5.74) is 5.93. The topological polar surface area (TPSA) is 88.1 Å². The van der Waals surface area contributed by atoms with Gasteiger partial charge in [0, 0.05) is 6.54 Å². The number of para-hydroxylation sites is 1. The highest BCUT2D eigenvalue weighted by Gasteiger charge is 2.19. The molecule has 6 heteroatoms. The van der Waals surface area contributed by atoms with Crippen LogP contribution in [-0.2, 0) is 0 Å². The Morgan fingerprint density at radius 3 is 2.74 bits per heavy atom. The van der Waals surface area contributed by atoms with Crippen molar-refractivity contribution < 1.29 is 14.7 Å². The summed E-state index contributed by atoms with van der Waals surface area (Å²) in [7, 11) is 1.51. The average molecular weight is 265 g/mol. The Morgan fingerprint density at radius 2 is 2.16 bits per heavy atom. The molecule has 0 atom stereocenters. The van der Waals surface area contributed by atoms with Gasteiger partial charge in [-0.1, -0.05) is 24.2 Å². The predicted octanol–water partition coefficient (Wildman–Crippen LogP) is 1.29. The highest BCUT2D eigenvalue weighted by molar-refractivity contribution is 5.99. The monoisotopic (exact) mass is 265 g/mol. The van der Waals surface area contributed by atoms with E-state index < -0.39 is 0 Å². The van der Waals surface area contributed by atoms with Crippen molar-refractivity contribution in [2.45, 2.75) is 13.3 Å². The van der Waals surface area contributed by atoms with Crippen LogP contribution in [0.25, 0.3) is 0 Å². The van der Waals surface area contributed by atoms with E-state index in [-0.39, 0.29) is 18.3 Å². The van der Waals surface area contributed by atoms with Gasteiger partial charge in [-0.05, 0) is 18.6 Å². The molecule has 1 aromatic rings. The molecule has 0 saturated carbocycles. The van der Waals surface area contributed by atoms with Crippen molar-refractivity contribution in [2.75, 3.05) is 20.2 Å². The standard InChI is InChI=1S/C13H19N3O3/c1-3-8-16(9-12(14)15-18)13(17)10-6-4-5-7-11(10)19-2/h4-7,18H,3,8-9H2,1-2H3,(H2,14,15). The van der Waals surface area contributed by atoms with Gasteiger partial charge in [0.05, 0.1) is 19.2 Å². The molecular weight excluding hydrogens is 246 g/mol. The van der Waals surface area contributed by atoms with Crippen LogP contribution in [0.15, 0.2) is 29.4 Å². The molecule has 1 aromatic carbocycles. The Labute approximate surface area is 112 Å². The minimum Gasteiger partial charge on any atom is -0.496 e. The summed E-state index contributed by atoms with van der Waals surface area (Å²) >= 11 is 0. The largest absolute Gasteiger partial charge is 0.496 e. The molecule has 0 radical (unpaired) electrons. The van der Waals surface area contributed by atoms with Gasteiger partial charge in [0.25, 0.3) is 5.91 Å². The van der Waals surface area contributed by atoms with Gasteiger partial charge < -0.3 is 20.6 Å². The van der Waals surface area contributed by atoms with E-state index in [0.717, 1.165) is 6.42 Å². The number of carbonyl (C=O) groups is 1. The first-order valence-electron chi connectivity index (χ1n) is 6.02. The molecule has 104 valence electrons. The summed E-state index contributed by atoms with van der Waals surface area (Å²) < 4.78 is 5.17. The van der Waals surface area contributed by atoms with Crippen molar-refractivity contribution >= 4 is 11.7 Å². The molecule has 3 N–H and O–H groups in total. The fourth-order valence-corrected chi connectivity index (χ4v) is 1.74. The molecule has 0 unspecified atom stereocenters. The van der Waals surface area contributed by atoms with Gasteiger partial charge in [0.1, 0.15) is 5.75 Å². The molecule has 1 rings (SSSR count). The van der Waals surface area contributed by atoms with Crippen LogP contribution in [0.4, 0.5) is 0 Å². The molecular formula is C13H19N3O3. The van der Waals surface area contributed by atoms with E-state index in [1.165, 1.54) is 12.0 Å². The number of nitrogens with zero attached hydrogens (tertiary/aromatic N) is 2. The SMILES string of the molecule is CCCN(CC(N)=NO)C(=O)c1ccccc1OC. The second-order valence-corrected chi connectivity index (χ2v) is 4.02. The van der Waals surface area contributed by atoms with Crippen molar-refractivity contribution in [3.63, 3.8) is 0 Å². The summed E-state index contributed by atoms with van der Waals surface area (Å²) in [6.45, 7) is 2.56. The van der Waals surface area contributed by atoms with E-state index in [1.54, 1.807) is 24.3 Å². The lowest BCUT2D eigenvalue weighted by molar-refractivity contribution is 0.0775. The van der Waals surface area contributed by atoms with Crippen LogP contribution in [0, 0.1) is 0 Å². The lowest BCUT2D eigenvalue weighted by atomic mass is 10.1. The number of oxime groups is 1. The van der Waals surface area contributed by atoms with Gasteiger partial charge in [0.2, 0.25) is 0 Å². The lowest BCUT2D eigenvalue weighted by Gasteiger charge is -2.22. The lowest BCUT2D eigenvalue weighted by Crippen LogP contribution is -2.39. The Kier molecular flexibility index (Phi) is 5.66. The van der Waals surface area contributed by atoms with Crippen LogP contribution < -0.4 is 10.5 Å². The quantitative estimate of drug-likeness (QED) is 0.351. The summed E-state index contributed by atoms with van der Waals surface area (Å²) in [4.78, 5) is 13.9. The third-order valence-corrected chi connectivity index (χ3v) is 2.60. The fraction of sp³-hybridized carbons (Fsp3) is 0.385. The molecule has 1 amide bonds. The molecule has 19 heavy (non-hydrogen) atoms. The summed E-state index contributed by atoms with van der Waals surface area (Å²) in [6, 6.07) is 6.98. The summed E-state index contributed by atoms with van der Waals surface area (Å²) in [6.07, 6.45) is 0.777. The maximum absolute atomic E-state index is 12.4. The third-order valence-electron chi connectivity index (χ3n) is 2.60. The van der Waals surface area contributed by atoms with E-state index in [0.29, 0.717) is 17.9 Å². The first-order chi connectivity index (χ1) is 9.13. The van der Waals surface area contributed by atoms with Crippen molar-refractivity contribution in [1.82, 2.24) is 4.90 Å². The van der Waals surface area contributed by atoms with E-state index in [9.17, 15) is 4.79 Å². The number of nitrogens with two attached hydrogens (primary N) is 1. The van der Waals surface area contributed by atoms with Crippen LogP contribution in [-0.4, -0.2) is 42.0 Å². The maximum Gasteiger partial charge on any atom is 0.258 e. The molecule has 0 fully saturated rings. The molecule has 0 aromatic heterocycles. The van der Waals surface area contributed by atoms with Crippen LogP contribution in [0.1, 0.15) is 23.7 Å². The number of methoxy groups -OCH3 is 1. The maximum atomic E-state index is 12.4. The van der Waals surface area contributed by atoms with Crippen LogP contribution in [0.2, 0.25) is 0 Å². The van der Waals surface area contributed by atoms with Gasteiger partial charge in [-0.3, -0.25) is 4.79 Å². The van der Waals surface area contributed by atoms with Crippen LogP contribution in [0.3, 0.4) is 0 Å². The Balaban J connectivity index is 2.98. The highest BCUT2D eigenvalue weighted by Crippen LogP contribution is 2.19. The van der Waals surface area contributed by atoms with E-state index in [4.69, 9.17) is 15.7 Å². The molecule has 0 saturated heterocycles. The van der Waals surface area contributed by atoms with E-state index in [1.807, 2.05) is 6.92 Å². The van der Waals surface area contributed by atoms with Crippen LogP contribution >= 0.6 is 0 Å². The second kappa shape index (κ2) is 7.25. The van der Waals surface area contributed by atoms with Crippen molar-refractivity contribution in [3.05, 3.63) is 29.8 Å². The molecule has 0 aliphatic heterocycles. The molecule has 0 aliphatic carbocycles. The predicted molar refractivity (Wildman–Crippen MR) is 72.6 cm³/mol. The zero-order chi connectivity index (χ0) is 14.3. The number of rotatable bonds is 6. The first-order valence-corrected chi connectivity index (χ1v) is 6.02. The first kappa shape index (κ1) is 14.8. The van der Waals surface area contributed by atoms with Gasteiger partial charge >= 0.3 is 0 Å². The minimum absolute atomic E-state index is 0.00306. The average Bonchev–Trinajstić information content (AvgIpc) is 2.45. The third kappa shape index (κ3) is 3.87. The summed E-state index contributed by atoms with van der Waals surface area (Å²) in [5, 5.41) is 11.5. The molecule has 0 bridgehead atoms. The smallest absolute Gasteiger partial charge is 0.258 e. The minimum atomic E-state index is -0.203. The van der Waals surface area contributed by atoms with Crippen molar-refractivity contribution in [3.8, 4) is 5.75 Å². The number of ether oxygens (including phenoxy) is 1. The number of benzene rings is 1. The molecule has 0 aliphatic rings.